The molecule has 2 aliphatic rings. The second kappa shape index (κ2) is 5.76. The summed E-state index contributed by atoms with van der Waals surface area (Å²) in [6.07, 6.45) is 6.08. The first-order valence-corrected chi connectivity index (χ1v) is 8.05. The molecule has 0 heterocycles. The van der Waals surface area contributed by atoms with Crippen LogP contribution in [0.15, 0.2) is 28.7 Å². The molecule has 2 saturated carbocycles. The summed E-state index contributed by atoms with van der Waals surface area (Å²) >= 11 is 3.46. The molecule has 0 aromatic heterocycles. The Hall–Kier alpha value is -0.670. The zero-order valence-electron chi connectivity index (χ0n) is 11.1. The van der Waals surface area contributed by atoms with Crippen LogP contribution in [0.1, 0.15) is 42.5 Å². The number of ketones is 1. The molecule has 1 aromatic rings. The minimum absolute atomic E-state index is 0.258. The average Bonchev–Trinajstić information content (AvgIpc) is 3.27. The largest absolute Gasteiger partial charge is 0.300 e. The first-order chi connectivity index (χ1) is 9.24. The Labute approximate surface area is 123 Å². The van der Waals surface area contributed by atoms with Crippen molar-refractivity contribution >= 4 is 21.7 Å². The molecule has 2 aliphatic carbocycles. The zero-order valence-corrected chi connectivity index (χ0v) is 12.7. The van der Waals surface area contributed by atoms with Gasteiger partial charge in [0, 0.05) is 35.6 Å². The summed E-state index contributed by atoms with van der Waals surface area (Å²) in [7, 11) is 0. The summed E-state index contributed by atoms with van der Waals surface area (Å²) in [4.78, 5) is 14.8. The molecule has 0 bridgehead atoms. The smallest absolute Gasteiger partial charge is 0.165 e. The van der Waals surface area contributed by atoms with E-state index < -0.39 is 0 Å². The molecule has 0 spiro atoms. The van der Waals surface area contributed by atoms with Gasteiger partial charge < -0.3 is 0 Å². The lowest BCUT2D eigenvalue weighted by molar-refractivity contribution is 0.0960. The molecule has 0 saturated heterocycles. The SMILES string of the molecule is O=C(CCN(CC1CC1)C1CC1)c1ccccc1Br. The zero-order chi connectivity index (χ0) is 13.2. The van der Waals surface area contributed by atoms with E-state index in [9.17, 15) is 4.79 Å². The van der Waals surface area contributed by atoms with Crippen molar-refractivity contribution in [1.29, 1.82) is 0 Å². The molecule has 1 aromatic carbocycles. The summed E-state index contributed by atoms with van der Waals surface area (Å²) in [6.45, 7) is 2.15. The Morgan fingerprint density at radius 1 is 1.21 bits per heavy atom. The van der Waals surface area contributed by atoms with Crippen molar-refractivity contribution in [2.45, 2.75) is 38.1 Å². The Kier molecular flexibility index (Phi) is 4.04. The molecule has 0 amide bonds. The number of rotatable bonds is 7. The highest BCUT2D eigenvalue weighted by Gasteiger charge is 2.33. The van der Waals surface area contributed by atoms with Gasteiger partial charge in [0.1, 0.15) is 0 Å². The topological polar surface area (TPSA) is 20.3 Å². The molecule has 0 unspecified atom stereocenters. The maximum Gasteiger partial charge on any atom is 0.165 e. The van der Waals surface area contributed by atoms with Gasteiger partial charge in [-0.25, -0.2) is 0 Å². The van der Waals surface area contributed by atoms with Crippen molar-refractivity contribution in [1.82, 2.24) is 4.90 Å². The van der Waals surface area contributed by atoms with Crippen molar-refractivity contribution in [3.63, 3.8) is 0 Å². The van der Waals surface area contributed by atoms with Crippen LogP contribution in [0.2, 0.25) is 0 Å². The molecule has 2 nitrogen and oxygen atoms in total. The maximum atomic E-state index is 12.3. The fourth-order valence-corrected chi connectivity index (χ4v) is 3.07. The standard InChI is InChI=1S/C16H20BrNO/c17-15-4-2-1-3-14(15)16(19)9-10-18(13-7-8-13)11-12-5-6-12/h1-4,12-13H,5-11H2. The van der Waals surface area contributed by atoms with Gasteiger partial charge in [-0.1, -0.05) is 34.1 Å². The lowest BCUT2D eigenvalue weighted by Crippen LogP contribution is -2.30. The fraction of sp³-hybridized carbons (Fsp3) is 0.562. The van der Waals surface area contributed by atoms with Crippen molar-refractivity contribution in [2.75, 3.05) is 13.1 Å². The van der Waals surface area contributed by atoms with Gasteiger partial charge in [0.05, 0.1) is 0 Å². The third-order valence-electron chi connectivity index (χ3n) is 4.05. The van der Waals surface area contributed by atoms with E-state index in [2.05, 4.69) is 20.8 Å². The van der Waals surface area contributed by atoms with Gasteiger partial charge in [-0.3, -0.25) is 9.69 Å². The molecule has 0 radical (unpaired) electrons. The first-order valence-electron chi connectivity index (χ1n) is 7.26. The predicted molar refractivity (Wildman–Crippen MR) is 80.4 cm³/mol. The monoisotopic (exact) mass is 321 g/mol. The second-order valence-electron chi connectivity index (χ2n) is 5.82. The van der Waals surface area contributed by atoms with Gasteiger partial charge in [0.15, 0.2) is 5.78 Å². The summed E-state index contributed by atoms with van der Waals surface area (Å²) in [5.74, 6) is 1.17. The third-order valence-corrected chi connectivity index (χ3v) is 4.74. The van der Waals surface area contributed by atoms with E-state index in [0.29, 0.717) is 6.42 Å². The highest BCUT2D eigenvalue weighted by molar-refractivity contribution is 9.10. The van der Waals surface area contributed by atoms with Gasteiger partial charge in [-0.2, -0.15) is 0 Å². The van der Waals surface area contributed by atoms with E-state index in [1.165, 1.54) is 32.2 Å². The second-order valence-corrected chi connectivity index (χ2v) is 6.68. The van der Waals surface area contributed by atoms with Gasteiger partial charge in [0.25, 0.3) is 0 Å². The third kappa shape index (κ3) is 3.67. The Bertz CT molecular complexity index is 466. The van der Waals surface area contributed by atoms with Gasteiger partial charge in [0.2, 0.25) is 0 Å². The van der Waals surface area contributed by atoms with Gasteiger partial charge >= 0.3 is 0 Å². The van der Waals surface area contributed by atoms with Crippen LogP contribution < -0.4 is 0 Å². The van der Waals surface area contributed by atoms with Crippen molar-refractivity contribution < 1.29 is 4.79 Å². The molecular formula is C16H20BrNO. The minimum atomic E-state index is 0.258. The van der Waals surface area contributed by atoms with E-state index in [-0.39, 0.29) is 5.78 Å². The number of nitrogens with zero attached hydrogens (tertiary/aromatic N) is 1. The normalized spacial score (nSPS) is 18.8. The number of Topliss-reactive ketones (excluding diaryl/α,β-unsaturated/α-hetero) is 1. The first kappa shape index (κ1) is 13.3. The summed E-state index contributed by atoms with van der Waals surface area (Å²) < 4.78 is 0.917. The van der Waals surface area contributed by atoms with Crippen LogP contribution in [0.3, 0.4) is 0 Å². The molecule has 102 valence electrons. The molecule has 3 heteroatoms. The van der Waals surface area contributed by atoms with Crippen molar-refractivity contribution in [2.24, 2.45) is 5.92 Å². The summed E-state index contributed by atoms with van der Waals surface area (Å²) in [5.41, 5.74) is 0.824. The minimum Gasteiger partial charge on any atom is -0.300 e. The van der Waals surface area contributed by atoms with E-state index in [1.54, 1.807) is 0 Å². The molecule has 0 aliphatic heterocycles. The van der Waals surface area contributed by atoms with Gasteiger partial charge in [-0.05, 0) is 37.7 Å². The highest BCUT2D eigenvalue weighted by atomic mass is 79.9. The van der Waals surface area contributed by atoms with Gasteiger partial charge in [-0.15, -0.1) is 0 Å². The molecule has 0 N–H and O–H groups in total. The van der Waals surface area contributed by atoms with Crippen molar-refractivity contribution in [3.05, 3.63) is 34.3 Å². The van der Waals surface area contributed by atoms with E-state index in [1.807, 2.05) is 24.3 Å². The highest BCUT2D eigenvalue weighted by Crippen LogP contribution is 2.35. The summed E-state index contributed by atoms with van der Waals surface area (Å²) in [5, 5.41) is 0. The van der Waals surface area contributed by atoms with Crippen LogP contribution in [-0.4, -0.2) is 29.8 Å². The Morgan fingerprint density at radius 2 is 1.95 bits per heavy atom. The number of halogens is 1. The lowest BCUT2D eigenvalue weighted by Gasteiger charge is -2.21. The van der Waals surface area contributed by atoms with E-state index in [4.69, 9.17) is 0 Å². The number of hydrogen-bond donors (Lipinski definition) is 0. The average molecular weight is 322 g/mol. The van der Waals surface area contributed by atoms with Crippen LogP contribution in [0, 0.1) is 5.92 Å². The summed E-state index contributed by atoms with van der Waals surface area (Å²) in [6, 6.07) is 8.50. The number of benzene rings is 1. The van der Waals surface area contributed by atoms with E-state index >= 15 is 0 Å². The number of carbonyl (C=O) groups excluding carboxylic acids is 1. The van der Waals surface area contributed by atoms with E-state index in [0.717, 1.165) is 28.5 Å². The Balaban J connectivity index is 1.55. The molecule has 19 heavy (non-hydrogen) atoms. The van der Waals surface area contributed by atoms with Crippen LogP contribution >= 0.6 is 15.9 Å². The molecule has 0 atom stereocenters. The molecule has 2 fully saturated rings. The molecular weight excluding hydrogens is 302 g/mol. The molecule has 3 rings (SSSR count). The number of carbonyl (C=O) groups is 1. The fourth-order valence-electron chi connectivity index (χ4n) is 2.56. The Morgan fingerprint density at radius 3 is 2.58 bits per heavy atom. The number of hydrogen-bond acceptors (Lipinski definition) is 2. The maximum absolute atomic E-state index is 12.3. The van der Waals surface area contributed by atoms with Crippen LogP contribution in [0.5, 0.6) is 0 Å². The van der Waals surface area contributed by atoms with Crippen molar-refractivity contribution in [3.8, 4) is 0 Å². The quantitative estimate of drug-likeness (QED) is 0.710. The van der Waals surface area contributed by atoms with Crippen LogP contribution in [0.4, 0.5) is 0 Å². The van der Waals surface area contributed by atoms with Crippen LogP contribution in [0.25, 0.3) is 0 Å². The predicted octanol–water partition coefficient (Wildman–Crippen LogP) is 3.90. The lowest BCUT2D eigenvalue weighted by atomic mass is 10.1. The van der Waals surface area contributed by atoms with Crippen LogP contribution in [-0.2, 0) is 0 Å².